The largest absolute Gasteiger partial charge is 0.481 e. The molecule has 1 aromatic rings. The molecular formula is C16H19NO4. The van der Waals surface area contributed by atoms with E-state index in [1.165, 1.54) is 0 Å². The molecule has 112 valence electrons. The standard InChI is InChI=1S/C16H19NO4/c18-15(12-8-13(12)16(19)20)17-9-11-6-7-21-14(11)10-4-2-1-3-5-10/h1-5,11-14H,6-9H2,(H,17,18)(H,19,20)/t11-,12-,13-,14-/m0/s1. The number of ether oxygens (including phenoxy) is 1. The summed E-state index contributed by atoms with van der Waals surface area (Å²) in [6, 6.07) is 10.00. The molecule has 1 amide bonds. The van der Waals surface area contributed by atoms with Crippen molar-refractivity contribution >= 4 is 11.9 Å². The molecule has 21 heavy (non-hydrogen) atoms. The van der Waals surface area contributed by atoms with Crippen molar-refractivity contribution in [2.24, 2.45) is 17.8 Å². The van der Waals surface area contributed by atoms with Crippen LogP contribution in [0, 0.1) is 17.8 Å². The van der Waals surface area contributed by atoms with Crippen LogP contribution in [0.3, 0.4) is 0 Å². The number of aliphatic carboxylic acids is 1. The highest BCUT2D eigenvalue weighted by Crippen LogP contribution is 2.39. The summed E-state index contributed by atoms with van der Waals surface area (Å²) in [5.41, 5.74) is 1.13. The Kier molecular flexibility index (Phi) is 3.92. The lowest BCUT2D eigenvalue weighted by atomic mass is 9.95. The zero-order valence-corrected chi connectivity index (χ0v) is 11.7. The Balaban J connectivity index is 1.53. The smallest absolute Gasteiger partial charge is 0.307 e. The fraction of sp³-hybridized carbons (Fsp3) is 0.500. The van der Waals surface area contributed by atoms with Gasteiger partial charge in [-0.1, -0.05) is 30.3 Å². The molecule has 1 saturated carbocycles. The number of carboxylic acid groups (broad SMARTS) is 1. The Hall–Kier alpha value is -1.88. The van der Waals surface area contributed by atoms with Crippen LogP contribution in [-0.2, 0) is 14.3 Å². The maximum atomic E-state index is 11.9. The molecule has 0 bridgehead atoms. The van der Waals surface area contributed by atoms with Crippen LogP contribution in [0.15, 0.2) is 30.3 Å². The maximum Gasteiger partial charge on any atom is 0.307 e. The molecule has 5 heteroatoms. The fourth-order valence-electron chi connectivity index (χ4n) is 2.97. The molecule has 1 aliphatic carbocycles. The molecule has 1 aliphatic heterocycles. The van der Waals surface area contributed by atoms with E-state index in [2.05, 4.69) is 5.32 Å². The lowest BCUT2D eigenvalue weighted by molar-refractivity contribution is -0.140. The van der Waals surface area contributed by atoms with Gasteiger partial charge in [-0.3, -0.25) is 9.59 Å². The van der Waals surface area contributed by atoms with E-state index < -0.39 is 11.9 Å². The molecule has 1 aromatic carbocycles. The summed E-state index contributed by atoms with van der Waals surface area (Å²) < 4.78 is 5.77. The summed E-state index contributed by atoms with van der Waals surface area (Å²) in [7, 11) is 0. The Morgan fingerprint density at radius 3 is 2.67 bits per heavy atom. The lowest BCUT2D eigenvalue weighted by Crippen LogP contribution is -2.32. The van der Waals surface area contributed by atoms with E-state index in [0.717, 1.165) is 12.0 Å². The van der Waals surface area contributed by atoms with Gasteiger partial charge in [0.25, 0.3) is 0 Å². The second-order valence-corrected chi connectivity index (χ2v) is 5.78. The quantitative estimate of drug-likeness (QED) is 0.863. The number of amides is 1. The van der Waals surface area contributed by atoms with Crippen molar-refractivity contribution in [2.75, 3.05) is 13.2 Å². The normalized spacial score (nSPS) is 30.9. The monoisotopic (exact) mass is 289 g/mol. The van der Waals surface area contributed by atoms with E-state index >= 15 is 0 Å². The summed E-state index contributed by atoms with van der Waals surface area (Å²) in [5.74, 6) is -1.60. The van der Waals surface area contributed by atoms with Crippen molar-refractivity contribution in [3.05, 3.63) is 35.9 Å². The van der Waals surface area contributed by atoms with Crippen LogP contribution in [0.25, 0.3) is 0 Å². The SMILES string of the molecule is O=C(O)[C@H]1C[C@@H]1C(=O)NC[C@@H]1CCO[C@H]1c1ccccc1. The number of rotatable bonds is 5. The predicted molar refractivity (Wildman–Crippen MR) is 75.5 cm³/mol. The van der Waals surface area contributed by atoms with Gasteiger partial charge < -0.3 is 15.2 Å². The van der Waals surface area contributed by atoms with Crippen LogP contribution in [0.1, 0.15) is 24.5 Å². The van der Waals surface area contributed by atoms with Gasteiger partial charge in [0.2, 0.25) is 5.91 Å². The van der Waals surface area contributed by atoms with Crippen molar-refractivity contribution in [1.29, 1.82) is 0 Å². The molecule has 0 unspecified atom stereocenters. The third kappa shape index (κ3) is 3.08. The fourth-order valence-corrected chi connectivity index (χ4v) is 2.97. The van der Waals surface area contributed by atoms with Gasteiger partial charge in [0.05, 0.1) is 17.9 Å². The van der Waals surface area contributed by atoms with E-state index in [1.807, 2.05) is 30.3 Å². The average molecular weight is 289 g/mol. The molecule has 5 nitrogen and oxygen atoms in total. The first-order valence-corrected chi connectivity index (χ1v) is 7.34. The van der Waals surface area contributed by atoms with E-state index in [1.54, 1.807) is 0 Å². The Morgan fingerprint density at radius 2 is 2.00 bits per heavy atom. The zero-order valence-electron chi connectivity index (χ0n) is 11.7. The van der Waals surface area contributed by atoms with E-state index in [4.69, 9.17) is 9.84 Å². The number of carboxylic acids is 1. The van der Waals surface area contributed by atoms with Crippen LogP contribution < -0.4 is 5.32 Å². The molecule has 0 radical (unpaired) electrons. The van der Waals surface area contributed by atoms with Crippen LogP contribution in [0.4, 0.5) is 0 Å². The van der Waals surface area contributed by atoms with E-state index in [9.17, 15) is 9.59 Å². The summed E-state index contributed by atoms with van der Waals surface area (Å²) in [6.07, 6.45) is 1.39. The number of hydrogen-bond acceptors (Lipinski definition) is 3. The molecular weight excluding hydrogens is 270 g/mol. The topological polar surface area (TPSA) is 75.6 Å². The molecule has 0 aromatic heterocycles. The minimum atomic E-state index is -0.874. The van der Waals surface area contributed by atoms with Gasteiger partial charge in [0, 0.05) is 19.1 Å². The zero-order chi connectivity index (χ0) is 14.8. The summed E-state index contributed by atoms with van der Waals surface area (Å²) >= 11 is 0. The van der Waals surface area contributed by atoms with Crippen molar-refractivity contribution in [2.45, 2.75) is 18.9 Å². The number of carbonyl (C=O) groups excluding carboxylic acids is 1. The Labute approximate surface area is 123 Å². The van der Waals surface area contributed by atoms with Gasteiger partial charge in [0.15, 0.2) is 0 Å². The van der Waals surface area contributed by atoms with Crippen LogP contribution >= 0.6 is 0 Å². The third-order valence-electron chi connectivity index (χ3n) is 4.33. The summed E-state index contributed by atoms with van der Waals surface area (Å²) in [5, 5.41) is 11.7. The molecule has 2 fully saturated rings. The van der Waals surface area contributed by atoms with Crippen molar-refractivity contribution in [3.63, 3.8) is 0 Å². The van der Waals surface area contributed by atoms with E-state index in [-0.39, 0.29) is 23.8 Å². The average Bonchev–Trinajstić information content (AvgIpc) is 3.17. The second-order valence-electron chi connectivity index (χ2n) is 5.78. The van der Waals surface area contributed by atoms with Gasteiger partial charge in [-0.05, 0) is 18.4 Å². The molecule has 2 aliphatic rings. The van der Waals surface area contributed by atoms with Gasteiger partial charge >= 0.3 is 5.97 Å². The van der Waals surface area contributed by atoms with Crippen LogP contribution in [0.2, 0.25) is 0 Å². The van der Waals surface area contributed by atoms with Gasteiger partial charge in [-0.2, -0.15) is 0 Å². The highest BCUT2D eigenvalue weighted by molar-refractivity contribution is 5.89. The Bertz CT molecular complexity index is 530. The second kappa shape index (κ2) is 5.85. The van der Waals surface area contributed by atoms with E-state index in [0.29, 0.717) is 19.6 Å². The van der Waals surface area contributed by atoms with Gasteiger partial charge in [0.1, 0.15) is 0 Å². The van der Waals surface area contributed by atoms with Gasteiger partial charge in [-0.15, -0.1) is 0 Å². The number of carbonyl (C=O) groups is 2. The number of nitrogens with one attached hydrogen (secondary N) is 1. The van der Waals surface area contributed by atoms with Crippen LogP contribution in [0.5, 0.6) is 0 Å². The minimum absolute atomic E-state index is 0.0148. The number of benzene rings is 1. The number of hydrogen-bond donors (Lipinski definition) is 2. The third-order valence-corrected chi connectivity index (χ3v) is 4.33. The molecule has 4 atom stereocenters. The molecule has 0 spiro atoms. The molecule has 2 N–H and O–H groups in total. The first-order chi connectivity index (χ1) is 10.2. The molecule has 1 heterocycles. The summed E-state index contributed by atoms with van der Waals surface area (Å²) in [6.45, 7) is 1.24. The van der Waals surface area contributed by atoms with Gasteiger partial charge in [-0.25, -0.2) is 0 Å². The predicted octanol–water partition coefficient (Wildman–Crippen LogP) is 1.60. The molecule has 1 saturated heterocycles. The molecule has 3 rings (SSSR count). The lowest BCUT2D eigenvalue weighted by Gasteiger charge is -2.19. The van der Waals surface area contributed by atoms with Crippen molar-refractivity contribution in [1.82, 2.24) is 5.32 Å². The Morgan fingerprint density at radius 1 is 1.24 bits per heavy atom. The van der Waals surface area contributed by atoms with Crippen molar-refractivity contribution < 1.29 is 19.4 Å². The first kappa shape index (κ1) is 14.1. The van der Waals surface area contributed by atoms with Crippen LogP contribution in [-0.4, -0.2) is 30.1 Å². The highest BCUT2D eigenvalue weighted by atomic mass is 16.5. The minimum Gasteiger partial charge on any atom is -0.481 e. The maximum absolute atomic E-state index is 11.9. The highest BCUT2D eigenvalue weighted by Gasteiger charge is 2.48. The summed E-state index contributed by atoms with van der Waals surface area (Å²) in [4.78, 5) is 22.7. The van der Waals surface area contributed by atoms with Crippen molar-refractivity contribution in [3.8, 4) is 0 Å². The first-order valence-electron chi connectivity index (χ1n) is 7.34.